The average molecular weight is 403 g/mol. The Morgan fingerprint density at radius 2 is 1.90 bits per heavy atom. The number of nitrogens with zero attached hydrogens (tertiary/aromatic N) is 3. The van der Waals surface area contributed by atoms with Crippen molar-refractivity contribution in [3.05, 3.63) is 59.3 Å². The number of fused-ring (bicyclic) bond motifs is 1. The number of hydrogen-bond donors (Lipinski definition) is 1. The number of rotatable bonds is 9. The Hall–Kier alpha value is -3.10. The van der Waals surface area contributed by atoms with Crippen LogP contribution in [0.2, 0.25) is 0 Å². The van der Waals surface area contributed by atoms with Crippen molar-refractivity contribution in [1.82, 2.24) is 9.47 Å². The van der Waals surface area contributed by atoms with Crippen molar-refractivity contribution >= 4 is 22.4 Å². The molecule has 1 aromatic heterocycles. The smallest absolute Gasteiger partial charge is 0.179 e. The lowest BCUT2D eigenvalue weighted by atomic mass is 10.1. The fourth-order valence-corrected chi connectivity index (χ4v) is 3.96. The number of anilines is 1. The third-order valence-corrected chi connectivity index (χ3v) is 5.67. The summed E-state index contributed by atoms with van der Waals surface area (Å²) in [5, 5.41) is 13.3. The van der Waals surface area contributed by atoms with Gasteiger partial charge < -0.3 is 9.88 Å². The van der Waals surface area contributed by atoms with Crippen LogP contribution in [0.15, 0.2) is 42.5 Å². The molecule has 2 aromatic carbocycles. The molecule has 0 aliphatic heterocycles. The van der Waals surface area contributed by atoms with Crippen molar-refractivity contribution in [3.63, 3.8) is 0 Å². The summed E-state index contributed by atoms with van der Waals surface area (Å²) in [6, 6.07) is 15.8. The average Bonchev–Trinajstić information content (AvgIpc) is 3.07. The van der Waals surface area contributed by atoms with Crippen molar-refractivity contribution < 1.29 is 4.79 Å². The first-order valence-electron chi connectivity index (χ1n) is 10.6. The maximum absolute atomic E-state index is 13.4. The van der Waals surface area contributed by atoms with E-state index in [9.17, 15) is 4.79 Å². The van der Waals surface area contributed by atoms with Gasteiger partial charge in [-0.15, -0.1) is 0 Å². The molecule has 3 aromatic rings. The summed E-state index contributed by atoms with van der Waals surface area (Å²) < 4.78 is 2.12. The van der Waals surface area contributed by atoms with Gasteiger partial charge in [0.05, 0.1) is 23.7 Å². The standard InChI is InChI=1S/C25H30N4O/c1-5-7-14-28(6-2)17-24(30)25-18(3)29(21-11-8-19(16-26)9-12-21)23-13-10-20(27-4)15-22(23)25/h8-13,15,27H,5-7,14,17H2,1-4H3. The second-order valence-corrected chi connectivity index (χ2v) is 7.58. The number of hydrogen-bond acceptors (Lipinski definition) is 4. The van der Waals surface area contributed by atoms with Crippen LogP contribution in [0.4, 0.5) is 5.69 Å². The topological polar surface area (TPSA) is 61.1 Å². The second kappa shape index (κ2) is 9.60. The number of nitriles is 1. The zero-order valence-electron chi connectivity index (χ0n) is 18.3. The Morgan fingerprint density at radius 1 is 1.17 bits per heavy atom. The molecule has 156 valence electrons. The number of Topliss-reactive ketones (excluding diaryl/α,β-unsaturated/α-hetero) is 1. The molecule has 0 atom stereocenters. The minimum atomic E-state index is 0.149. The van der Waals surface area contributed by atoms with Crippen molar-refractivity contribution in [1.29, 1.82) is 5.26 Å². The number of likely N-dealkylation sites (N-methyl/N-ethyl adjacent to an activating group) is 1. The molecule has 0 spiro atoms. The molecule has 0 amide bonds. The minimum Gasteiger partial charge on any atom is -0.388 e. The minimum absolute atomic E-state index is 0.149. The highest BCUT2D eigenvalue weighted by molar-refractivity contribution is 6.11. The zero-order chi connectivity index (χ0) is 21.7. The van der Waals surface area contributed by atoms with Gasteiger partial charge in [0.1, 0.15) is 0 Å². The molecule has 0 saturated heterocycles. The van der Waals surface area contributed by atoms with Gasteiger partial charge >= 0.3 is 0 Å². The number of aromatic nitrogens is 1. The van der Waals surface area contributed by atoms with E-state index < -0.39 is 0 Å². The maximum Gasteiger partial charge on any atom is 0.179 e. The molecule has 0 bridgehead atoms. The zero-order valence-corrected chi connectivity index (χ0v) is 18.3. The van der Waals surface area contributed by atoms with Crippen LogP contribution < -0.4 is 5.32 Å². The van der Waals surface area contributed by atoms with Gasteiger partial charge in [-0.05, 0) is 68.9 Å². The summed E-state index contributed by atoms with van der Waals surface area (Å²) in [4.78, 5) is 15.7. The van der Waals surface area contributed by atoms with E-state index in [1.165, 1.54) is 0 Å². The first-order valence-corrected chi connectivity index (χ1v) is 10.6. The Kier molecular flexibility index (Phi) is 6.91. The molecular formula is C25H30N4O. The Balaban J connectivity index is 2.12. The second-order valence-electron chi connectivity index (χ2n) is 7.58. The molecule has 5 nitrogen and oxygen atoms in total. The fourth-order valence-electron chi connectivity index (χ4n) is 3.96. The van der Waals surface area contributed by atoms with Gasteiger partial charge in [0.25, 0.3) is 0 Å². The Bertz CT molecular complexity index is 1070. The van der Waals surface area contributed by atoms with Gasteiger partial charge in [0, 0.05) is 35.1 Å². The Labute approximate surface area is 178 Å². The van der Waals surface area contributed by atoms with E-state index in [-0.39, 0.29) is 5.78 Å². The first kappa shape index (κ1) is 21.6. The predicted octanol–water partition coefficient (Wildman–Crippen LogP) is 5.16. The number of carbonyl (C=O) groups excluding carboxylic acids is 1. The van der Waals surface area contributed by atoms with Gasteiger partial charge in [-0.1, -0.05) is 20.3 Å². The molecular weight excluding hydrogens is 372 g/mol. The molecule has 0 saturated carbocycles. The molecule has 1 heterocycles. The van der Waals surface area contributed by atoms with Crippen LogP contribution in [-0.4, -0.2) is 41.9 Å². The van der Waals surface area contributed by atoms with Gasteiger partial charge in [0.15, 0.2) is 5.78 Å². The summed E-state index contributed by atoms with van der Waals surface area (Å²) >= 11 is 0. The largest absolute Gasteiger partial charge is 0.388 e. The number of benzene rings is 2. The summed E-state index contributed by atoms with van der Waals surface area (Å²) in [6.07, 6.45) is 2.21. The fraction of sp³-hybridized carbons (Fsp3) is 0.360. The van der Waals surface area contributed by atoms with Gasteiger partial charge in [0.2, 0.25) is 0 Å². The number of nitrogens with one attached hydrogen (secondary N) is 1. The van der Waals surface area contributed by atoms with Crippen LogP contribution in [0.5, 0.6) is 0 Å². The highest BCUT2D eigenvalue weighted by Gasteiger charge is 2.22. The normalized spacial score (nSPS) is 11.1. The third kappa shape index (κ3) is 4.24. The summed E-state index contributed by atoms with van der Waals surface area (Å²) in [5.41, 5.74) is 5.26. The number of carbonyl (C=O) groups is 1. The predicted molar refractivity (Wildman–Crippen MR) is 124 cm³/mol. The first-order chi connectivity index (χ1) is 14.5. The molecule has 0 radical (unpaired) electrons. The summed E-state index contributed by atoms with van der Waals surface area (Å²) in [5.74, 6) is 0.149. The van der Waals surface area contributed by atoms with Crippen LogP contribution >= 0.6 is 0 Å². The highest BCUT2D eigenvalue weighted by Crippen LogP contribution is 2.32. The van der Waals surface area contributed by atoms with E-state index >= 15 is 0 Å². The van der Waals surface area contributed by atoms with Gasteiger partial charge in [-0.2, -0.15) is 5.26 Å². The molecule has 1 N–H and O–H groups in total. The highest BCUT2D eigenvalue weighted by atomic mass is 16.1. The summed E-state index contributed by atoms with van der Waals surface area (Å²) in [6.45, 7) is 8.51. The van der Waals surface area contributed by atoms with E-state index in [1.54, 1.807) is 0 Å². The van der Waals surface area contributed by atoms with Crippen molar-refractivity contribution in [3.8, 4) is 11.8 Å². The van der Waals surface area contributed by atoms with E-state index in [0.29, 0.717) is 12.1 Å². The molecule has 5 heteroatoms. The van der Waals surface area contributed by atoms with Crippen LogP contribution in [0, 0.1) is 18.3 Å². The van der Waals surface area contributed by atoms with E-state index in [4.69, 9.17) is 5.26 Å². The molecule has 30 heavy (non-hydrogen) atoms. The lowest BCUT2D eigenvalue weighted by Crippen LogP contribution is -2.31. The quantitative estimate of drug-likeness (QED) is 0.502. The van der Waals surface area contributed by atoms with E-state index in [2.05, 4.69) is 46.8 Å². The van der Waals surface area contributed by atoms with E-state index in [1.807, 2.05) is 44.3 Å². The number of ketones is 1. The molecule has 0 aliphatic rings. The van der Waals surface area contributed by atoms with Crippen LogP contribution in [0.25, 0.3) is 16.6 Å². The van der Waals surface area contributed by atoms with Crippen LogP contribution in [0.1, 0.15) is 48.3 Å². The van der Waals surface area contributed by atoms with Crippen molar-refractivity contribution in [2.75, 3.05) is 32.0 Å². The lowest BCUT2D eigenvalue weighted by Gasteiger charge is -2.19. The van der Waals surface area contributed by atoms with Crippen molar-refractivity contribution in [2.24, 2.45) is 0 Å². The lowest BCUT2D eigenvalue weighted by molar-refractivity contribution is 0.0934. The molecule has 0 fully saturated rings. The monoisotopic (exact) mass is 402 g/mol. The molecule has 0 unspecified atom stereocenters. The SMILES string of the molecule is CCCCN(CC)CC(=O)c1c(C)n(-c2ccc(C#N)cc2)c2ccc(NC)cc12. The number of unbranched alkanes of at least 4 members (excludes halogenated alkanes) is 1. The van der Waals surface area contributed by atoms with Crippen LogP contribution in [0.3, 0.4) is 0 Å². The van der Waals surface area contributed by atoms with Gasteiger partial charge in [-0.3, -0.25) is 9.69 Å². The molecule has 0 aliphatic carbocycles. The van der Waals surface area contributed by atoms with Crippen LogP contribution in [-0.2, 0) is 0 Å². The van der Waals surface area contributed by atoms with E-state index in [0.717, 1.165) is 59.5 Å². The molecule has 3 rings (SSSR count). The van der Waals surface area contributed by atoms with Crippen molar-refractivity contribution in [2.45, 2.75) is 33.6 Å². The summed E-state index contributed by atoms with van der Waals surface area (Å²) in [7, 11) is 1.89. The third-order valence-electron chi connectivity index (χ3n) is 5.67. The maximum atomic E-state index is 13.4. The Morgan fingerprint density at radius 3 is 2.50 bits per heavy atom. The van der Waals surface area contributed by atoms with Gasteiger partial charge in [-0.25, -0.2) is 0 Å².